The average Bonchev–Trinajstić information content (AvgIpc) is 2.27. The van der Waals surface area contributed by atoms with E-state index in [0.29, 0.717) is 12.1 Å². The maximum Gasteiger partial charge on any atom is 0.490 e. The number of carboxylic acids is 2. The van der Waals surface area contributed by atoms with Gasteiger partial charge in [0.05, 0.1) is 0 Å². The summed E-state index contributed by atoms with van der Waals surface area (Å²) in [6, 6.07) is 0.775. The molecule has 0 amide bonds. The minimum atomic E-state index is -5.08. The lowest BCUT2D eigenvalue weighted by molar-refractivity contribution is -0.193. The molecule has 0 saturated heterocycles. The maximum atomic E-state index is 10.6. The number of nitrogens with two attached hydrogens (primary N) is 2. The van der Waals surface area contributed by atoms with Crippen molar-refractivity contribution in [1.82, 2.24) is 0 Å². The highest BCUT2D eigenvalue weighted by Crippen LogP contribution is 2.14. The summed E-state index contributed by atoms with van der Waals surface area (Å²) in [6.07, 6.45) is -5.57. The number of rotatable bonds is 0. The van der Waals surface area contributed by atoms with Crippen molar-refractivity contribution in [2.24, 2.45) is 11.5 Å². The van der Waals surface area contributed by atoms with Crippen molar-refractivity contribution in [2.45, 2.75) is 50.1 Å². The monoisotopic (exact) mass is 342 g/mol. The topological polar surface area (TPSA) is 127 Å². The summed E-state index contributed by atoms with van der Waals surface area (Å²) in [7, 11) is 0. The zero-order valence-corrected chi connectivity index (χ0v) is 11.1. The number of carboxylic acid groups (broad SMARTS) is 2. The molecule has 0 aliphatic heterocycles. The zero-order chi connectivity index (χ0) is 18.1. The van der Waals surface area contributed by atoms with Gasteiger partial charge in [-0.3, -0.25) is 0 Å². The van der Waals surface area contributed by atoms with Crippen molar-refractivity contribution in [1.29, 1.82) is 0 Å². The van der Waals surface area contributed by atoms with E-state index in [9.17, 15) is 26.3 Å². The Morgan fingerprint density at radius 1 is 0.818 bits per heavy atom. The Labute approximate surface area is 121 Å². The largest absolute Gasteiger partial charge is 0.490 e. The molecular formula is C10H16F6N2O4. The van der Waals surface area contributed by atoms with Crippen molar-refractivity contribution in [3.05, 3.63) is 0 Å². The van der Waals surface area contributed by atoms with E-state index in [2.05, 4.69) is 0 Å². The van der Waals surface area contributed by atoms with E-state index < -0.39 is 24.3 Å². The number of hydrogen-bond acceptors (Lipinski definition) is 4. The van der Waals surface area contributed by atoms with Crippen molar-refractivity contribution >= 4 is 11.9 Å². The van der Waals surface area contributed by atoms with Gasteiger partial charge in [0.15, 0.2) is 0 Å². The Morgan fingerprint density at radius 2 is 1.05 bits per heavy atom. The second-order valence-corrected chi connectivity index (χ2v) is 4.29. The van der Waals surface area contributed by atoms with E-state index >= 15 is 0 Å². The van der Waals surface area contributed by atoms with Crippen LogP contribution in [-0.2, 0) is 9.59 Å². The van der Waals surface area contributed by atoms with Crippen LogP contribution in [0, 0.1) is 0 Å². The van der Waals surface area contributed by atoms with E-state index in [1.54, 1.807) is 0 Å². The third-order valence-corrected chi connectivity index (χ3v) is 2.24. The molecule has 1 saturated carbocycles. The normalized spacial score (nSPS) is 21.6. The van der Waals surface area contributed by atoms with Crippen LogP contribution in [-0.4, -0.2) is 46.6 Å². The fraction of sp³-hybridized carbons (Fsp3) is 0.800. The summed E-state index contributed by atoms with van der Waals surface area (Å²) in [5.74, 6) is -5.51. The second-order valence-electron chi connectivity index (χ2n) is 4.29. The molecule has 1 fully saturated rings. The van der Waals surface area contributed by atoms with Crippen LogP contribution in [0.15, 0.2) is 0 Å². The van der Waals surface area contributed by atoms with Gasteiger partial charge in [0.2, 0.25) is 0 Å². The summed E-state index contributed by atoms with van der Waals surface area (Å²) in [4.78, 5) is 17.8. The molecule has 2 atom stereocenters. The summed E-state index contributed by atoms with van der Waals surface area (Å²) < 4.78 is 63.5. The lowest BCUT2D eigenvalue weighted by atomic mass is 9.92. The van der Waals surface area contributed by atoms with E-state index in [1.807, 2.05) is 0 Å². The number of aliphatic carboxylic acids is 2. The first-order chi connectivity index (χ1) is 9.67. The van der Waals surface area contributed by atoms with Crippen LogP contribution in [0.2, 0.25) is 0 Å². The van der Waals surface area contributed by atoms with Crippen LogP contribution in [0.4, 0.5) is 26.3 Å². The molecule has 1 aliphatic rings. The van der Waals surface area contributed by atoms with Gasteiger partial charge >= 0.3 is 24.3 Å². The molecule has 1 rings (SSSR count). The van der Waals surface area contributed by atoms with Crippen LogP contribution in [0.3, 0.4) is 0 Å². The highest BCUT2D eigenvalue weighted by atomic mass is 19.4. The maximum absolute atomic E-state index is 10.6. The first-order valence-corrected chi connectivity index (χ1v) is 5.79. The standard InChI is InChI=1S/C6H14N2.2C2HF3O2/c7-5-2-1-3-6(8)4-5;2*3-2(4,5)1(6)7/h5-6H,1-4,7-8H2;2*(H,6,7)/t5-,6-;;/m1../s1. The van der Waals surface area contributed by atoms with E-state index in [1.165, 1.54) is 19.3 Å². The van der Waals surface area contributed by atoms with Crippen LogP contribution in [0.5, 0.6) is 0 Å². The molecule has 132 valence electrons. The van der Waals surface area contributed by atoms with Gasteiger partial charge in [0, 0.05) is 12.1 Å². The average molecular weight is 342 g/mol. The Kier molecular flexibility index (Phi) is 9.76. The highest BCUT2D eigenvalue weighted by Gasteiger charge is 2.38. The Hall–Kier alpha value is -1.56. The fourth-order valence-corrected chi connectivity index (χ4v) is 1.27. The van der Waals surface area contributed by atoms with Gasteiger partial charge in [-0.1, -0.05) is 6.42 Å². The van der Waals surface area contributed by atoms with Gasteiger partial charge in [-0.05, 0) is 19.3 Å². The van der Waals surface area contributed by atoms with E-state index in [-0.39, 0.29) is 0 Å². The lowest BCUT2D eigenvalue weighted by Gasteiger charge is -2.22. The molecule has 0 bridgehead atoms. The van der Waals surface area contributed by atoms with Crippen molar-refractivity contribution < 1.29 is 46.1 Å². The molecule has 22 heavy (non-hydrogen) atoms. The minimum Gasteiger partial charge on any atom is -0.475 e. The van der Waals surface area contributed by atoms with E-state index in [4.69, 9.17) is 31.3 Å². The summed E-state index contributed by atoms with van der Waals surface area (Å²) >= 11 is 0. The van der Waals surface area contributed by atoms with Crippen molar-refractivity contribution in [3.8, 4) is 0 Å². The van der Waals surface area contributed by atoms with Crippen molar-refractivity contribution in [2.75, 3.05) is 0 Å². The highest BCUT2D eigenvalue weighted by molar-refractivity contribution is 5.73. The number of hydrogen-bond donors (Lipinski definition) is 4. The summed E-state index contributed by atoms with van der Waals surface area (Å²) in [5, 5.41) is 14.2. The van der Waals surface area contributed by atoms with Gasteiger partial charge in [-0.15, -0.1) is 0 Å². The number of alkyl halides is 6. The molecule has 6 nitrogen and oxygen atoms in total. The SMILES string of the molecule is N[C@@H]1CCC[C@@H](N)C1.O=C(O)C(F)(F)F.O=C(O)C(F)(F)F. The van der Waals surface area contributed by atoms with Gasteiger partial charge in [0.25, 0.3) is 0 Å². The fourth-order valence-electron chi connectivity index (χ4n) is 1.27. The molecule has 0 spiro atoms. The molecule has 0 radical (unpaired) electrons. The molecule has 6 N–H and O–H groups in total. The Bertz CT molecular complexity index is 326. The lowest BCUT2D eigenvalue weighted by Crippen LogP contribution is -2.35. The van der Waals surface area contributed by atoms with Crippen LogP contribution >= 0.6 is 0 Å². The predicted molar refractivity (Wildman–Crippen MR) is 61.8 cm³/mol. The van der Waals surface area contributed by atoms with Crippen LogP contribution < -0.4 is 11.5 Å². The minimum absolute atomic E-state index is 0.388. The summed E-state index contributed by atoms with van der Waals surface area (Å²) in [5.41, 5.74) is 11.3. The third kappa shape index (κ3) is 13.4. The molecule has 0 heterocycles. The number of halogens is 6. The van der Waals surface area contributed by atoms with Crippen LogP contribution in [0.1, 0.15) is 25.7 Å². The number of carbonyl (C=O) groups is 2. The van der Waals surface area contributed by atoms with Gasteiger partial charge in [0.1, 0.15) is 0 Å². The first kappa shape index (κ1) is 22.7. The quantitative estimate of drug-likeness (QED) is 0.494. The third-order valence-electron chi connectivity index (χ3n) is 2.24. The molecule has 0 unspecified atom stereocenters. The Balaban J connectivity index is 0. The Morgan fingerprint density at radius 3 is 1.14 bits per heavy atom. The van der Waals surface area contributed by atoms with Gasteiger partial charge in [-0.25, -0.2) is 9.59 Å². The molecule has 0 aromatic carbocycles. The van der Waals surface area contributed by atoms with Crippen LogP contribution in [0.25, 0.3) is 0 Å². The van der Waals surface area contributed by atoms with E-state index in [0.717, 1.165) is 6.42 Å². The summed E-state index contributed by atoms with van der Waals surface area (Å²) in [6.45, 7) is 0. The predicted octanol–water partition coefficient (Wildman–Crippen LogP) is 1.48. The van der Waals surface area contributed by atoms with Gasteiger partial charge < -0.3 is 21.7 Å². The molecule has 12 heteroatoms. The zero-order valence-electron chi connectivity index (χ0n) is 11.1. The first-order valence-electron chi connectivity index (χ1n) is 5.79. The smallest absolute Gasteiger partial charge is 0.475 e. The van der Waals surface area contributed by atoms with Crippen molar-refractivity contribution in [3.63, 3.8) is 0 Å². The van der Waals surface area contributed by atoms with Gasteiger partial charge in [-0.2, -0.15) is 26.3 Å². The second kappa shape index (κ2) is 9.46. The molecular weight excluding hydrogens is 326 g/mol. The molecule has 0 aromatic rings. The molecule has 1 aliphatic carbocycles. The molecule has 0 aromatic heterocycles.